The Bertz CT molecular complexity index is 3830. The van der Waals surface area contributed by atoms with Gasteiger partial charge in [-0.25, -0.2) is 15.0 Å². The van der Waals surface area contributed by atoms with Crippen LogP contribution in [0.4, 0.5) is 0 Å². The molecule has 0 radical (unpaired) electrons. The molecule has 13 rings (SSSR count). The number of hydrogen-bond donors (Lipinski definition) is 0. The van der Waals surface area contributed by atoms with Gasteiger partial charge in [-0.15, -0.1) is 11.3 Å². The highest BCUT2D eigenvalue weighted by atomic mass is 32.1. The first kappa shape index (κ1) is 35.6. The maximum atomic E-state index is 5.02. The topological polar surface area (TPSA) is 48.5 Å². The van der Waals surface area contributed by atoms with Crippen molar-refractivity contribution in [1.82, 2.24) is 24.1 Å². The fourth-order valence-corrected chi connectivity index (χ4v) is 10.9. The van der Waals surface area contributed by atoms with E-state index in [1.54, 1.807) is 0 Å². The molecule has 0 spiro atoms. The molecule has 0 unspecified atom stereocenters. The Morgan fingerprint density at radius 1 is 0.302 bits per heavy atom. The minimum Gasteiger partial charge on any atom is -0.308 e. The van der Waals surface area contributed by atoms with Crippen LogP contribution in [0, 0.1) is 0 Å². The molecule has 0 aliphatic heterocycles. The van der Waals surface area contributed by atoms with Crippen molar-refractivity contribution in [3.05, 3.63) is 212 Å². The first-order valence-electron chi connectivity index (χ1n) is 21.2. The molecular formula is C57H35N5S. The van der Waals surface area contributed by atoms with E-state index in [2.05, 4.69) is 161 Å². The molecule has 294 valence electrons. The third-order valence-corrected chi connectivity index (χ3v) is 13.6. The molecule has 63 heavy (non-hydrogen) atoms. The van der Waals surface area contributed by atoms with Crippen molar-refractivity contribution >= 4 is 75.1 Å². The molecule has 9 aromatic carbocycles. The van der Waals surface area contributed by atoms with Crippen molar-refractivity contribution in [2.24, 2.45) is 0 Å². The van der Waals surface area contributed by atoms with E-state index >= 15 is 0 Å². The highest BCUT2D eigenvalue weighted by molar-refractivity contribution is 7.27. The maximum Gasteiger partial charge on any atom is 0.164 e. The third-order valence-electron chi connectivity index (χ3n) is 12.4. The highest BCUT2D eigenvalue weighted by Crippen LogP contribution is 2.47. The Balaban J connectivity index is 1.04. The Kier molecular flexibility index (Phi) is 8.01. The van der Waals surface area contributed by atoms with Crippen molar-refractivity contribution in [3.8, 4) is 56.7 Å². The zero-order chi connectivity index (χ0) is 41.4. The Hall–Kier alpha value is -8.19. The summed E-state index contributed by atoms with van der Waals surface area (Å²) in [5, 5.41) is 7.48. The van der Waals surface area contributed by atoms with Crippen molar-refractivity contribution in [1.29, 1.82) is 0 Å². The first-order valence-corrected chi connectivity index (χ1v) is 22.0. The van der Waals surface area contributed by atoms with E-state index in [1.165, 1.54) is 80.6 Å². The molecule has 5 nitrogen and oxygen atoms in total. The van der Waals surface area contributed by atoms with Crippen LogP contribution in [0.25, 0.3) is 120 Å². The molecule has 0 aliphatic rings. The minimum atomic E-state index is 0.636. The Morgan fingerprint density at radius 2 is 0.714 bits per heavy atom. The molecular weight excluding hydrogens is 787 g/mol. The summed E-state index contributed by atoms with van der Waals surface area (Å²) in [5.74, 6) is 1.93. The van der Waals surface area contributed by atoms with Crippen LogP contribution in [0.1, 0.15) is 0 Å². The van der Waals surface area contributed by atoms with E-state index < -0.39 is 0 Å². The van der Waals surface area contributed by atoms with Gasteiger partial charge < -0.3 is 9.13 Å². The number of benzene rings is 9. The lowest BCUT2D eigenvalue weighted by molar-refractivity contribution is 1.07. The van der Waals surface area contributed by atoms with Crippen LogP contribution in [-0.4, -0.2) is 24.1 Å². The second-order valence-corrected chi connectivity index (χ2v) is 17.0. The molecule has 0 N–H and O–H groups in total. The fraction of sp³-hybridized carbons (Fsp3) is 0. The molecule has 0 atom stereocenters. The van der Waals surface area contributed by atoms with Gasteiger partial charge in [-0.05, 0) is 48.0 Å². The number of rotatable bonds is 6. The largest absolute Gasteiger partial charge is 0.308 e. The zero-order valence-corrected chi connectivity index (χ0v) is 34.7. The van der Waals surface area contributed by atoms with Crippen LogP contribution in [0.5, 0.6) is 0 Å². The van der Waals surface area contributed by atoms with Gasteiger partial charge >= 0.3 is 0 Å². The summed E-state index contributed by atoms with van der Waals surface area (Å²) in [6.45, 7) is 0. The molecule has 0 amide bonds. The molecule has 0 saturated carbocycles. The van der Waals surface area contributed by atoms with Crippen LogP contribution in [0.2, 0.25) is 0 Å². The number of nitrogens with zero attached hydrogens (tertiary/aromatic N) is 5. The van der Waals surface area contributed by atoms with Gasteiger partial charge in [0.25, 0.3) is 0 Å². The van der Waals surface area contributed by atoms with Gasteiger partial charge in [-0.3, -0.25) is 0 Å². The lowest BCUT2D eigenvalue weighted by atomic mass is 10.0. The van der Waals surface area contributed by atoms with Crippen molar-refractivity contribution in [3.63, 3.8) is 0 Å². The van der Waals surface area contributed by atoms with E-state index in [0.29, 0.717) is 17.5 Å². The molecule has 4 heterocycles. The summed E-state index contributed by atoms with van der Waals surface area (Å²) in [7, 11) is 0. The summed E-state index contributed by atoms with van der Waals surface area (Å²) in [5.41, 5.74) is 12.3. The number of fused-ring (bicyclic) bond motifs is 11. The van der Waals surface area contributed by atoms with Gasteiger partial charge in [0, 0.05) is 60.3 Å². The van der Waals surface area contributed by atoms with E-state index in [9.17, 15) is 0 Å². The van der Waals surface area contributed by atoms with Gasteiger partial charge in [0.2, 0.25) is 0 Å². The molecule has 13 aromatic rings. The number of aromatic nitrogens is 5. The van der Waals surface area contributed by atoms with Crippen LogP contribution >= 0.6 is 11.3 Å². The molecule has 4 aromatic heterocycles. The third kappa shape index (κ3) is 5.59. The van der Waals surface area contributed by atoms with Gasteiger partial charge in [0.1, 0.15) is 0 Å². The van der Waals surface area contributed by atoms with Crippen molar-refractivity contribution in [2.45, 2.75) is 0 Å². The standard InChI is InChI=1S/C57H35N5S/c1-4-16-36(17-5-1)41-22-10-13-25-48(41)62-50-27-15-12-24-43(50)45-33-35-47-46-34-32-44-42-23-11-14-26-49(42)61(51(44)53(46)63-54(47)52(45)62)40-30-28-39(29-31-40)57-59-55(37-18-6-2-7-19-37)58-56(60-57)38-20-8-3-9-21-38/h1-35H. The maximum absolute atomic E-state index is 5.02. The molecule has 0 bridgehead atoms. The van der Waals surface area contributed by atoms with E-state index in [0.717, 1.165) is 22.4 Å². The lowest BCUT2D eigenvalue weighted by Gasteiger charge is -2.14. The van der Waals surface area contributed by atoms with E-state index in [1.807, 2.05) is 72.0 Å². The summed E-state index contributed by atoms with van der Waals surface area (Å²) in [6, 6.07) is 75.5. The Morgan fingerprint density at radius 3 is 1.27 bits per heavy atom. The van der Waals surface area contributed by atoms with Crippen LogP contribution < -0.4 is 0 Å². The van der Waals surface area contributed by atoms with Crippen LogP contribution in [0.15, 0.2) is 212 Å². The van der Waals surface area contributed by atoms with Crippen molar-refractivity contribution in [2.75, 3.05) is 0 Å². The number of thiophene rings is 1. The van der Waals surface area contributed by atoms with E-state index in [-0.39, 0.29) is 0 Å². The van der Waals surface area contributed by atoms with Gasteiger partial charge in [0.15, 0.2) is 17.5 Å². The molecule has 6 heteroatoms. The van der Waals surface area contributed by atoms with Crippen LogP contribution in [-0.2, 0) is 0 Å². The summed E-state index contributed by atoms with van der Waals surface area (Å²) in [6.07, 6.45) is 0. The van der Waals surface area contributed by atoms with Gasteiger partial charge in [-0.1, -0.05) is 170 Å². The SMILES string of the molecule is c1ccc(-c2nc(-c3ccccc3)nc(-c3ccc(-n4c5ccccc5c5ccc6c7ccc8c9ccccc9n(-c9ccccc9-c9ccccc9)c8c7sc6c54)cc3)n2)cc1. The summed E-state index contributed by atoms with van der Waals surface area (Å²) < 4.78 is 7.49. The van der Waals surface area contributed by atoms with E-state index in [4.69, 9.17) is 15.0 Å². The monoisotopic (exact) mass is 821 g/mol. The quantitative estimate of drug-likeness (QED) is 0.168. The van der Waals surface area contributed by atoms with Gasteiger partial charge in [-0.2, -0.15) is 0 Å². The average Bonchev–Trinajstić information content (AvgIpc) is 4.03. The summed E-state index contributed by atoms with van der Waals surface area (Å²) >= 11 is 1.90. The number of hydrogen-bond acceptors (Lipinski definition) is 4. The smallest absolute Gasteiger partial charge is 0.164 e. The number of para-hydroxylation sites is 3. The predicted octanol–water partition coefficient (Wildman–Crippen LogP) is 15.1. The molecule has 0 fully saturated rings. The fourth-order valence-electron chi connectivity index (χ4n) is 9.53. The zero-order valence-electron chi connectivity index (χ0n) is 33.9. The summed E-state index contributed by atoms with van der Waals surface area (Å²) in [4.78, 5) is 15.0. The first-order chi connectivity index (χ1) is 31.3. The second-order valence-electron chi connectivity index (χ2n) is 16.0. The molecule has 0 aliphatic carbocycles. The lowest BCUT2D eigenvalue weighted by Crippen LogP contribution is -2.00. The normalized spacial score (nSPS) is 11.8. The van der Waals surface area contributed by atoms with Crippen LogP contribution in [0.3, 0.4) is 0 Å². The molecule has 0 saturated heterocycles. The second kappa shape index (κ2) is 14.2. The highest BCUT2D eigenvalue weighted by Gasteiger charge is 2.23. The predicted molar refractivity (Wildman–Crippen MR) is 263 cm³/mol. The Labute approximate surface area is 366 Å². The minimum absolute atomic E-state index is 0.636. The average molecular weight is 822 g/mol. The van der Waals surface area contributed by atoms with Crippen molar-refractivity contribution < 1.29 is 0 Å². The van der Waals surface area contributed by atoms with Gasteiger partial charge in [0.05, 0.1) is 37.2 Å².